The lowest BCUT2D eigenvalue weighted by molar-refractivity contribution is -0.179. The highest BCUT2D eigenvalue weighted by Gasteiger charge is 2.21. The lowest BCUT2D eigenvalue weighted by Gasteiger charge is -2.23. The van der Waals surface area contributed by atoms with Gasteiger partial charge < -0.3 is 30.5 Å². The summed E-state index contributed by atoms with van der Waals surface area (Å²) in [7, 11) is 0. The third-order valence-corrected chi connectivity index (χ3v) is 1.65. The summed E-state index contributed by atoms with van der Waals surface area (Å²) in [6.07, 6.45) is -3.70. The standard InChI is InChI=1S/C8H17NO6/c1-5(12)9-2-8(14)15-7(4-11)6(13)3-10/h6-8,10-11,13-14H,2-4H2,1H3,(H,9,12)/t6-,7?,8+/m0/s1. The first-order valence-electron chi connectivity index (χ1n) is 4.49. The maximum atomic E-state index is 10.5. The summed E-state index contributed by atoms with van der Waals surface area (Å²) in [4.78, 5) is 10.5. The fourth-order valence-electron chi connectivity index (χ4n) is 0.854. The van der Waals surface area contributed by atoms with Gasteiger partial charge in [0.2, 0.25) is 5.91 Å². The number of hydrogen-bond donors (Lipinski definition) is 5. The van der Waals surface area contributed by atoms with E-state index < -0.39 is 31.7 Å². The van der Waals surface area contributed by atoms with Crippen molar-refractivity contribution in [3.05, 3.63) is 0 Å². The van der Waals surface area contributed by atoms with E-state index in [2.05, 4.69) is 5.32 Å². The van der Waals surface area contributed by atoms with E-state index in [9.17, 15) is 9.90 Å². The molecule has 5 N–H and O–H groups in total. The lowest BCUT2D eigenvalue weighted by Crippen LogP contribution is -2.41. The van der Waals surface area contributed by atoms with Crippen LogP contribution in [-0.4, -0.2) is 64.6 Å². The smallest absolute Gasteiger partial charge is 0.217 e. The van der Waals surface area contributed by atoms with E-state index in [4.69, 9.17) is 20.1 Å². The summed E-state index contributed by atoms with van der Waals surface area (Å²) < 4.78 is 4.78. The largest absolute Gasteiger partial charge is 0.394 e. The summed E-state index contributed by atoms with van der Waals surface area (Å²) in [5.74, 6) is -0.332. The van der Waals surface area contributed by atoms with Crippen LogP contribution in [0.15, 0.2) is 0 Å². The molecule has 0 bridgehead atoms. The monoisotopic (exact) mass is 223 g/mol. The molecule has 1 unspecified atom stereocenters. The van der Waals surface area contributed by atoms with E-state index in [1.807, 2.05) is 0 Å². The molecule has 0 fully saturated rings. The van der Waals surface area contributed by atoms with Gasteiger partial charge in [-0.15, -0.1) is 0 Å². The van der Waals surface area contributed by atoms with Crippen LogP contribution in [0.2, 0.25) is 0 Å². The summed E-state index contributed by atoms with van der Waals surface area (Å²) >= 11 is 0. The van der Waals surface area contributed by atoms with Crippen molar-refractivity contribution in [3.8, 4) is 0 Å². The third kappa shape index (κ3) is 6.37. The molecule has 3 atom stereocenters. The number of nitrogens with one attached hydrogen (secondary N) is 1. The highest BCUT2D eigenvalue weighted by atomic mass is 16.6. The molecule has 7 nitrogen and oxygen atoms in total. The lowest BCUT2D eigenvalue weighted by atomic mass is 10.2. The van der Waals surface area contributed by atoms with Crippen molar-refractivity contribution in [3.63, 3.8) is 0 Å². The third-order valence-electron chi connectivity index (χ3n) is 1.65. The molecule has 90 valence electrons. The van der Waals surface area contributed by atoms with Gasteiger partial charge in [-0.2, -0.15) is 0 Å². The Morgan fingerprint density at radius 2 is 1.93 bits per heavy atom. The Balaban J connectivity index is 3.89. The molecular formula is C8H17NO6. The minimum atomic E-state index is -1.34. The van der Waals surface area contributed by atoms with Crippen molar-refractivity contribution >= 4 is 5.91 Å². The fraction of sp³-hybridized carbons (Fsp3) is 0.875. The van der Waals surface area contributed by atoms with Gasteiger partial charge in [0.1, 0.15) is 12.2 Å². The molecule has 0 aliphatic carbocycles. The van der Waals surface area contributed by atoms with Gasteiger partial charge >= 0.3 is 0 Å². The predicted molar refractivity (Wildman–Crippen MR) is 49.7 cm³/mol. The molecule has 15 heavy (non-hydrogen) atoms. The number of aliphatic hydroxyl groups is 4. The highest BCUT2D eigenvalue weighted by molar-refractivity contribution is 5.72. The van der Waals surface area contributed by atoms with E-state index in [0.717, 1.165) is 0 Å². The second-order valence-electron chi connectivity index (χ2n) is 3.00. The molecule has 0 rings (SSSR count). The van der Waals surface area contributed by atoms with Crippen LogP contribution in [0.25, 0.3) is 0 Å². The SMILES string of the molecule is CC(=O)NC[C@H](O)OC(CO)[C@@H](O)CO. The molecular weight excluding hydrogens is 206 g/mol. The van der Waals surface area contributed by atoms with Gasteiger partial charge in [0.15, 0.2) is 6.29 Å². The number of amides is 1. The van der Waals surface area contributed by atoms with Gasteiger partial charge in [-0.1, -0.05) is 0 Å². The van der Waals surface area contributed by atoms with Crippen molar-refractivity contribution < 1.29 is 30.0 Å². The molecule has 0 heterocycles. The molecule has 0 radical (unpaired) electrons. The Morgan fingerprint density at radius 1 is 1.33 bits per heavy atom. The fourth-order valence-corrected chi connectivity index (χ4v) is 0.854. The Labute approximate surface area is 87.3 Å². The molecule has 7 heteroatoms. The first-order chi connectivity index (χ1) is 7.01. The maximum absolute atomic E-state index is 10.5. The van der Waals surface area contributed by atoms with Crippen molar-refractivity contribution in [2.45, 2.75) is 25.4 Å². The van der Waals surface area contributed by atoms with E-state index in [-0.39, 0.29) is 12.5 Å². The van der Waals surface area contributed by atoms with Crippen LogP contribution in [0.5, 0.6) is 0 Å². The molecule has 0 aliphatic heterocycles. The average molecular weight is 223 g/mol. The molecule has 0 aromatic heterocycles. The van der Waals surface area contributed by atoms with Gasteiger partial charge in [0.25, 0.3) is 0 Å². The maximum Gasteiger partial charge on any atom is 0.217 e. The zero-order valence-electron chi connectivity index (χ0n) is 8.46. The second kappa shape index (κ2) is 7.55. The van der Waals surface area contributed by atoms with Gasteiger partial charge in [-0.05, 0) is 0 Å². The first-order valence-corrected chi connectivity index (χ1v) is 4.49. The second-order valence-corrected chi connectivity index (χ2v) is 3.00. The van der Waals surface area contributed by atoms with Gasteiger partial charge in [0, 0.05) is 6.92 Å². The van der Waals surface area contributed by atoms with Gasteiger partial charge in [-0.3, -0.25) is 4.79 Å². The quantitative estimate of drug-likeness (QED) is 0.297. The van der Waals surface area contributed by atoms with E-state index >= 15 is 0 Å². The van der Waals surface area contributed by atoms with E-state index in [1.165, 1.54) is 6.92 Å². The highest BCUT2D eigenvalue weighted by Crippen LogP contribution is 2.01. The zero-order valence-corrected chi connectivity index (χ0v) is 8.46. The number of aliphatic hydroxyl groups excluding tert-OH is 4. The van der Waals surface area contributed by atoms with Crippen LogP contribution < -0.4 is 5.32 Å². The first kappa shape index (κ1) is 14.3. The average Bonchev–Trinajstić information content (AvgIpc) is 2.21. The van der Waals surface area contributed by atoms with Gasteiger partial charge in [-0.25, -0.2) is 0 Å². The van der Waals surface area contributed by atoms with Crippen LogP contribution in [0.3, 0.4) is 0 Å². The van der Waals surface area contributed by atoms with Crippen molar-refractivity contribution in [1.29, 1.82) is 0 Å². The molecule has 1 amide bonds. The number of hydrogen-bond acceptors (Lipinski definition) is 6. The van der Waals surface area contributed by atoms with Crippen LogP contribution in [-0.2, 0) is 9.53 Å². The minimum Gasteiger partial charge on any atom is -0.394 e. The van der Waals surface area contributed by atoms with Crippen LogP contribution in [0, 0.1) is 0 Å². The van der Waals surface area contributed by atoms with Crippen LogP contribution >= 0.6 is 0 Å². The molecule has 0 spiro atoms. The predicted octanol–water partition coefficient (Wildman–Crippen LogP) is -2.83. The Kier molecular flexibility index (Phi) is 7.18. The summed E-state index contributed by atoms with van der Waals surface area (Å²) in [6, 6.07) is 0. The Hall–Kier alpha value is -0.730. The molecule has 0 aromatic carbocycles. The Morgan fingerprint density at radius 3 is 2.33 bits per heavy atom. The van der Waals surface area contributed by atoms with Crippen molar-refractivity contribution in [2.75, 3.05) is 19.8 Å². The zero-order chi connectivity index (χ0) is 11.8. The summed E-state index contributed by atoms with van der Waals surface area (Å²) in [6.45, 7) is -0.000258. The van der Waals surface area contributed by atoms with Crippen molar-refractivity contribution in [2.24, 2.45) is 0 Å². The summed E-state index contributed by atoms with van der Waals surface area (Å²) in [5.41, 5.74) is 0. The van der Waals surface area contributed by atoms with E-state index in [1.54, 1.807) is 0 Å². The Bertz CT molecular complexity index is 188. The topological polar surface area (TPSA) is 119 Å². The van der Waals surface area contributed by atoms with Crippen molar-refractivity contribution in [1.82, 2.24) is 5.32 Å². The molecule has 0 saturated carbocycles. The number of carbonyl (C=O) groups is 1. The number of ether oxygens (including phenoxy) is 1. The molecule has 0 saturated heterocycles. The van der Waals surface area contributed by atoms with Crippen LogP contribution in [0.4, 0.5) is 0 Å². The van der Waals surface area contributed by atoms with Gasteiger partial charge in [0.05, 0.1) is 19.8 Å². The number of carbonyl (C=O) groups excluding carboxylic acids is 1. The number of rotatable bonds is 7. The molecule has 0 aromatic rings. The van der Waals surface area contributed by atoms with E-state index in [0.29, 0.717) is 0 Å². The summed E-state index contributed by atoms with van der Waals surface area (Å²) in [5, 5.41) is 37.9. The molecule has 0 aliphatic rings. The minimum absolute atomic E-state index is 0.149. The normalized spacial score (nSPS) is 16.9. The van der Waals surface area contributed by atoms with Crippen LogP contribution in [0.1, 0.15) is 6.92 Å².